The molecule has 0 amide bonds. The van der Waals surface area contributed by atoms with Crippen LogP contribution >= 0.6 is 15.9 Å². The molecule has 1 saturated heterocycles. The van der Waals surface area contributed by atoms with Crippen LogP contribution in [-0.4, -0.2) is 41.9 Å². The van der Waals surface area contributed by atoms with Gasteiger partial charge >= 0.3 is 0 Å². The lowest BCUT2D eigenvalue weighted by Crippen LogP contribution is -2.39. The number of rotatable bonds is 4. The number of hydrogen-bond donors (Lipinski definition) is 2. The first-order valence-corrected chi connectivity index (χ1v) is 7.62. The molecule has 3 rings (SSSR count). The van der Waals surface area contributed by atoms with Gasteiger partial charge in [-0.15, -0.1) is 5.10 Å². The summed E-state index contributed by atoms with van der Waals surface area (Å²) >= 11 is 3.36. The molecule has 20 heavy (non-hydrogen) atoms. The largest absolute Gasteiger partial charge is 0.457 e. The fourth-order valence-corrected chi connectivity index (χ4v) is 3.11. The maximum absolute atomic E-state index is 5.23. The summed E-state index contributed by atoms with van der Waals surface area (Å²) in [6.45, 7) is 3.07. The van der Waals surface area contributed by atoms with Gasteiger partial charge in [0.1, 0.15) is 0 Å². The van der Waals surface area contributed by atoms with E-state index in [0.29, 0.717) is 10.6 Å². The fourth-order valence-electron chi connectivity index (χ4n) is 2.68. The predicted octanol–water partition coefficient (Wildman–Crippen LogP) is 2.26. The Kier molecular flexibility index (Phi) is 4.07. The van der Waals surface area contributed by atoms with Gasteiger partial charge in [-0.1, -0.05) is 0 Å². The first-order valence-electron chi connectivity index (χ1n) is 6.83. The molecule has 3 heterocycles. The maximum Gasteiger partial charge on any atom is 0.245 e. The Morgan fingerprint density at radius 3 is 3.25 bits per heavy atom. The summed E-state index contributed by atoms with van der Waals surface area (Å²) in [7, 11) is 2.00. The van der Waals surface area contributed by atoms with Crippen LogP contribution in [-0.2, 0) is 0 Å². The number of aromatic nitrogens is 3. The molecule has 0 aliphatic carbocycles. The molecule has 7 heteroatoms. The lowest BCUT2D eigenvalue weighted by molar-refractivity contribution is 0.399. The number of anilines is 1. The van der Waals surface area contributed by atoms with E-state index < -0.39 is 0 Å². The number of nitrogens with zero attached hydrogens (tertiary/aromatic N) is 3. The molecular formula is C13H18BrN5O. The summed E-state index contributed by atoms with van der Waals surface area (Å²) in [6, 6.07) is 1.87. The minimum atomic E-state index is 0.663. The van der Waals surface area contributed by atoms with Crippen LogP contribution in [0.2, 0.25) is 0 Å². The highest BCUT2D eigenvalue weighted by molar-refractivity contribution is 9.10. The van der Waals surface area contributed by atoms with Crippen LogP contribution < -0.4 is 10.2 Å². The molecule has 2 aromatic rings. The maximum atomic E-state index is 5.23. The van der Waals surface area contributed by atoms with Crippen LogP contribution in [0.25, 0.3) is 11.4 Å². The highest BCUT2D eigenvalue weighted by Crippen LogP contribution is 2.28. The Labute approximate surface area is 126 Å². The molecule has 0 radical (unpaired) electrons. The molecule has 2 N–H and O–H groups in total. The first kappa shape index (κ1) is 13.6. The van der Waals surface area contributed by atoms with Gasteiger partial charge in [0.2, 0.25) is 5.95 Å². The minimum Gasteiger partial charge on any atom is -0.457 e. The molecule has 108 valence electrons. The molecule has 1 fully saturated rings. The Bertz CT molecular complexity index is 565. The normalized spacial score (nSPS) is 19.5. The number of aromatic amines is 1. The van der Waals surface area contributed by atoms with Gasteiger partial charge in [-0.2, -0.15) is 4.98 Å². The number of furan rings is 1. The van der Waals surface area contributed by atoms with Crippen molar-refractivity contribution in [2.45, 2.75) is 12.8 Å². The van der Waals surface area contributed by atoms with Crippen molar-refractivity contribution in [3.8, 4) is 11.4 Å². The van der Waals surface area contributed by atoms with Gasteiger partial charge in [-0.3, -0.25) is 5.10 Å². The van der Waals surface area contributed by atoms with Crippen LogP contribution in [0.3, 0.4) is 0 Å². The zero-order chi connectivity index (χ0) is 13.9. The molecule has 0 spiro atoms. The van der Waals surface area contributed by atoms with Crippen LogP contribution in [0.5, 0.6) is 0 Å². The van der Waals surface area contributed by atoms with E-state index >= 15 is 0 Å². The van der Waals surface area contributed by atoms with E-state index in [0.717, 1.165) is 37.0 Å². The second-order valence-corrected chi connectivity index (χ2v) is 5.82. The van der Waals surface area contributed by atoms with E-state index in [-0.39, 0.29) is 0 Å². The van der Waals surface area contributed by atoms with E-state index in [1.165, 1.54) is 12.8 Å². The standard InChI is InChI=1S/C13H18BrN5O/c1-15-7-9-3-2-5-19(8-9)13-16-12(17-18-13)10-4-6-20-11(10)14/h4,6,9,15H,2-3,5,7-8H2,1H3,(H,16,17,18). The molecule has 1 unspecified atom stereocenters. The van der Waals surface area contributed by atoms with E-state index in [4.69, 9.17) is 4.42 Å². The molecule has 0 saturated carbocycles. The quantitative estimate of drug-likeness (QED) is 0.894. The average molecular weight is 340 g/mol. The van der Waals surface area contributed by atoms with Crippen molar-refractivity contribution in [1.82, 2.24) is 20.5 Å². The van der Waals surface area contributed by atoms with Gasteiger partial charge < -0.3 is 14.6 Å². The third-order valence-electron chi connectivity index (χ3n) is 3.64. The van der Waals surface area contributed by atoms with Crippen molar-refractivity contribution in [2.24, 2.45) is 5.92 Å². The van der Waals surface area contributed by atoms with Crippen LogP contribution in [0, 0.1) is 5.92 Å². The third kappa shape index (κ3) is 2.73. The van der Waals surface area contributed by atoms with Crippen LogP contribution in [0.15, 0.2) is 21.4 Å². The summed E-state index contributed by atoms with van der Waals surface area (Å²) < 4.78 is 5.90. The third-order valence-corrected chi connectivity index (χ3v) is 4.26. The zero-order valence-electron chi connectivity index (χ0n) is 11.4. The Morgan fingerprint density at radius 2 is 2.50 bits per heavy atom. The van der Waals surface area contributed by atoms with E-state index in [1.807, 2.05) is 13.1 Å². The lowest BCUT2D eigenvalue weighted by atomic mass is 9.98. The zero-order valence-corrected chi connectivity index (χ0v) is 13.0. The number of piperidine rings is 1. The summed E-state index contributed by atoms with van der Waals surface area (Å²) in [5, 5.41) is 10.6. The average Bonchev–Trinajstić information content (AvgIpc) is 3.08. The smallest absolute Gasteiger partial charge is 0.245 e. The topological polar surface area (TPSA) is 70.0 Å². The van der Waals surface area contributed by atoms with E-state index in [2.05, 4.69) is 41.3 Å². The number of nitrogens with one attached hydrogen (secondary N) is 2. The Morgan fingerprint density at radius 1 is 1.60 bits per heavy atom. The van der Waals surface area contributed by atoms with Crippen molar-refractivity contribution in [3.63, 3.8) is 0 Å². The van der Waals surface area contributed by atoms with Gasteiger partial charge in [0.25, 0.3) is 0 Å². The van der Waals surface area contributed by atoms with Crippen molar-refractivity contribution in [1.29, 1.82) is 0 Å². The lowest BCUT2D eigenvalue weighted by Gasteiger charge is -2.31. The van der Waals surface area contributed by atoms with Crippen molar-refractivity contribution >= 4 is 21.9 Å². The second-order valence-electron chi connectivity index (χ2n) is 5.10. The summed E-state index contributed by atoms with van der Waals surface area (Å²) in [4.78, 5) is 6.83. The molecule has 1 atom stereocenters. The molecule has 0 bridgehead atoms. The first-order chi connectivity index (χ1) is 9.78. The molecule has 2 aromatic heterocycles. The van der Waals surface area contributed by atoms with E-state index in [9.17, 15) is 0 Å². The van der Waals surface area contributed by atoms with E-state index in [1.54, 1.807) is 6.26 Å². The monoisotopic (exact) mass is 339 g/mol. The minimum absolute atomic E-state index is 0.663. The second kappa shape index (κ2) is 5.97. The SMILES string of the molecule is CNCC1CCCN(c2n[nH]c(-c3ccoc3Br)n2)C1. The Balaban J connectivity index is 1.75. The number of H-pyrrole nitrogens is 1. The molecular weight excluding hydrogens is 322 g/mol. The Hall–Kier alpha value is -1.34. The summed E-state index contributed by atoms with van der Waals surface area (Å²) in [6.07, 6.45) is 4.08. The highest BCUT2D eigenvalue weighted by atomic mass is 79.9. The van der Waals surface area contributed by atoms with Gasteiger partial charge in [0.05, 0.1) is 11.8 Å². The predicted molar refractivity (Wildman–Crippen MR) is 80.6 cm³/mol. The van der Waals surface area contributed by atoms with Gasteiger partial charge in [-0.05, 0) is 54.3 Å². The molecule has 1 aliphatic heterocycles. The molecule has 0 aromatic carbocycles. The van der Waals surface area contributed by atoms with Gasteiger partial charge in [0, 0.05) is 13.1 Å². The molecule has 1 aliphatic rings. The van der Waals surface area contributed by atoms with Crippen molar-refractivity contribution < 1.29 is 4.42 Å². The van der Waals surface area contributed by atoms with Gasteiger partial charge in [-0.25, -0.2) is 0 Å². The van der Waals surface area contributed by atoms with Crippen LogP contribution in [0.4, 0.5) is 5.95 Å². The van der Waals surface area contributed by atoms with Crippen molar-refractivity contribution in [2.75, 3.05) is 31.6 Å². The highest BCUT2D eigenvalue weighted by Gasteiger charge is 2.23. The number of halogens is 1. The molecule has 6 nitrogen and oxygen atoms in total. The van der Waals surface area contributed by atoms with Crippen molar-refractivity contribution in [3.05, 3.63) is 17.0 Å². The summed E-state index contributed by atoms with van der Waals surface area (Å²) in [5.41, 5.74) is 0.896. The fraction of sp³-hybridized carbons (Fsp3) is 0.538. The van der Waals surface area contributed by atoms with Crippen LogP contribution in [0.1, 0.15) is 12.8 Å². The summed E-state index contributed by atoms with van der Waals surface area (Å²) in [5.74, 6) is 2.17. The van der Waals surface area contributed by atoms with Gasteiger partial charge in [0.15, 0.2) is 10.5 Å². The number of hydrogen-bond acceptors (Lipinski definition) is 5.